The highest BCUT2D eigenvalue weighted by atomic mass is 16.6. The highest BCUT2D eigenvalue weighted by Crippen LogP contribution is 2.29. The highest BCUT2D eigenvalue weighted by Gasteiger charge is 2.37. The highest BCUT2D eigenvalue weighted by molar-refractivity contribution is 5.92. The minimum Gasteiger partial charge on any atom is -0.508 e. The van der Waals surface area contributed by atoms with Crippen LogP contribution >= 0.6 is 0 Å². The number of benzene rings is 2. The van der Waals surface area contributed by atoms with Crippen molar-refractivity contribution in [2.75, 3.05) is 6.54 Å². The SMILES string of the molecule is CCCCN(C(=O)C(Cc1ccc(O)cc1)NC(=O)OC(C)(C)C)C(C(=O)NC(C)C)c1c(C)cccc1C. The maximum Gasteiger partial charge on any atom is 0.408 e. The molecule has 0 bridgehead atoms. The average molecular weight is 540 g/mol. The van der Waals surface area contributed by atoms with Crippen LogP contribution in [0.3, 0.4) is 0 Å². The van der Waals surface area contributed by atoms with Crippen molar-refractivity contribution in [3.63, 3.8) is 0 Å². The standard InChI is InChI=1S/C31H45N3O5/c1-9-10-18-34(27(28(36)32-20(2)3)26-21(4)12-11-13-22(26)5)29(37)25(33-30(38)39-31(6,7)8)19-23-14-16-24(35)17-15-23/h11-17,20,25,27,35H,9-10,18-19H2,1-8H3,(H,32,36)(H,33,38). The summed E-state index contributed by atoms with van der Waals surface area (Å²) in [6.07, 6.45) is 0.939. The lowest BCUT2D eigenvalue weighted by molar-refractivity contribution is -0.142. The molecule has 0 aliphatic carbocycles. The Balaban J connectivity index is 2.61. The van der Waals surface area contributed by atoms with E-state index in [9.17, 15) is 19.5 Å². The van der Waals surface area contributed by atoms with Crippen LogP contribution in [-0.4, -0.2) is 52.1 Å². The van der Waals surface area contributed by atoms with Crippen LogP contribution in [0, 0.1) is 13.8 Å². The van der Waals surface area contributed by atoms with Crippen molar-refractivity contribution in [3.05, 3.63) is 64.7 Å². The second kappa shape index (κ2) is 14.0. The maximum absolute atomic E-state index is 14.4. The van der Waals surface area contributed by atoms with Crippen molar-refractivity contribution in [2.24, 2.45) is 0 Å². The fraction of sp³-hybridized carbons (Fsp3) is 0.516. The van der Waals surface area contributed by atoms with E-state index in [1.54, 1.807) is 37.8 Å². The van der Waals surface area contributed by atoms with E-state index < -0.39 is 23.8 Å². The second-order valence-electron chi connectivity index (χ2n) is 11.3. The molecule has 2 aromatic carbocycles. The van der Waals surface area contributed by atoms with Gasteiger partial charge in [-0.05, 0) is 89.3 Å². The predicted octanol–water partition coefficient (Wildman–Crippen LogP) is 5.34. The summed E-state index contributed by atoms with van der Waals surface area (Å²) in [5.41, 5.74) is 2.58. The minimum atomic E-state index is -1.00. The van der Waals surface area contributed by atoms with Crippen molar-refractivity contribution in [1.82, 2.24) is 15.5 Å². The summed E-state index contributed by atoms with van der Waals surface area (Å²) in [7, 11) is 0. The van der Waals surface area contributed by atoms with Gasteiger partial charge in [0.1, 0.15) is 23.4 Å². The van der Waals surface area contributed by atoms with Crippen LogP contribution in [0.2, 0.25) is 0 Å². The number of nitrogens with zero attached hydrogens (tertiary/aromatic N) is 1. The molecule has 3 amide bonds. The number of phenols is 1. The van der Waals surface area contributed by atoms with Crippen LogP contribution in [0.1, 0.15) is 82.7 Å². The predicted molar refractivity (Wildman–Crippen MR) is 154 cm³/mol. The quantitative estimate of drug-likeness (QED) is 0.357. The molecule has 2 aromatic rings. The number of ether oxygens (including phenoxy) is 1. The number of hydrogen-bond acceptors (Lipinski definition) is 5. The Morgan fingerprint density at radius 3 is 2.08 bits per heavy atom. The summed E-state index contributed by atoms with van der Waals surface area (Å²) < 4.78 is 5.48. The Labute approximate surface area is 233 Å². The number of nitrogens with one attached hydrogen (secondary N) is 2. The van der Waals surface area contributed by atoms with Crippen LogP contribution in [0.15, 0.2) is 42.5 Å². The molecule has 0 fully saturated rings. The third-order valence-corrected chi connectivity index (χ3v) is 6.21. The molecule has 0 spiro atoms. The molecule has 0 aliphatic heterocycles. The third-order valence-electron chi connectivity index (χ3n) is 6.21. The molecule has 0 saturated heterocycles. The Kier molecular flexibility index (Phi) is 11.4. The summed E-state index contributed by atoms with van der Waals surface area (Å²) in [5.74, 6) is -0.548. The maximum atomic E-state index is 14.4. The first kappa shape index (κ1) is 31.7. The number of alkyl carbamates (subject to hydrolysis) is 1. The lowest BCUT2D eigenvalue weighted by Gasteiger charge is -2.36. The summed E-state index contributed by atoms with van der Waals surface area (Å²) >= 11 is 0. The molecular weight excluding hydrogens is 494 g/mol. The van der Waals surface area contributed by atoms with Crippen molar-refractivity contribution in [1.29, 1.82) is 0 Å². The fourth-order valence-corrected chi connectivity index (χ4v) is 4.46. The zero-order valence-electron chi connectivity index (χ0n) is 24.6. The molecule has 39 heavy (non-hydrogen) atoms. The Hall–Kier alpha value is -3.55. The summed E-state index contributed by atoms with van der Waals surface area (Å²) in [5, 5.41) is 15.5. The molecule has 3 N–H and O–H groups in total. The van der Waals surface area contributed by atoms with E-state index in [-0.39, 0.29) is 30.0 Å². The Bertz CT molecular complexity index is 1100. The number of aromatic hydroxyl groups is 1. The molecular formula is C31H45N3O5. The van der Waals surface area contributed by atoms with Gasteiger partial charge in [0, 0.05) is 19.0 Å². The van der Waals surface area contributed by atoms with E-state index in [0.717, 1.165) is 28.7 Å². The van der Waals surface area contributed by atoms with E-state index in [4.69, 9.17) is 4.74 Å². The van der Waals surface area contributed by atoms with Gasteiger partial charge in [-0.15, -0.1) is 0 Å². The van der Waals surface area contributed by atoms with Crippen molar-refractivity contribution in [3.8, 4) is 5.75 Å². The monoisotopic (exact) mass is 539 g/mol. The summed E-state index contributed by atoms with van der Waals surface area (Å²) in [4.78, 5) is 42.6. The van der Waals surface area contributed by atoms with E-state index in [0.29, 0.717) is 13.0 Å². The van der Waals surface area contributed by atoms with Gasteiger partial charge in [-0.1, -0.05) is 43.7 Å². The van der Waals surface area contributed by atoms with Crippen LogP contribution in [0.4, 0.5) is 4.79 Å². The van der Waals surface area contributed by atoms with Gasteiger partial charge in [0.15, 0.2) is 0 Å². The van der Waals surface area contributed by atoms with Gasteiger partial charge < -0.3 is 25.4 Å². The van der Waals surface area contributed by atoms with Crippen LogP contribution < -0.4 is 10.6 Å². The first-order chi connectivity index (χ1) is 18.2. The number of rotatable bonds is 11. The number of aryl methyl sites for hydroxylation is 2. The number of carbonyl (C=O) groups is 3. The van der Waals surface area contributed by atoms with Gasteiger partial charge >= 0.3 is 6.09 Å². The molecule has 2 atom stereocenters. The molecule has 2 unspecified atom stereocenters. The third kappa shape index (κ3) is 9.61. The molecule has 8 nitrogen and oxygen atoms in total. The molecule has 0 saturated carbocycles. The van der Waals surface area contributed by atoms with Crippen LogP contribution in [0.5, 0.6) is 5.75 Å². The number of carbonyl (C=O) groups excluding carboxylic acids is 3. The molecule has 0 aromatic heterocycles. The van der Waals surface area contributed by atoms with E-state index in [1.165, 1.54) is 12.1 Å². The van der Waals surface area contributed by atoms with E-state index in [2.05, 4.69) is 10.6 Å². The van der Waals surface area contributed by atoms with Crippen molar-refractivity contribution in [2.45, 2.75) is 98.4 Å². The Morgan fingerprint density at radius 1 is 0.974 bits per heavy atom. The van der Waals surface area contributed by atoms with Crippen molar-refractivity contribution >= 4 is 17.9 Å². The zero-order valence-corrected chi connectivity index (χ0v) is 24.6. The molecule has 8 heteroatoms. The van der Waals surface area contributed by atoms with Crippen LogP contribution in [-0.2, 0) is 20.7 Å². The van der Waals surface area contributed by atoms with E-state index >= 15 is 0 Å². The Morgan fingerprint density at radius 2 is 1.56 bits per heavy atom. The van der Waals surface area contributed by atoms with Gasteiger partial charge in [-0.2, -0.15) is 0 Å². The first-order valence-corrected chi connectivity index (χ1v) is 13.7. The fourth-order valence-electron chi connectivity index (χ4n) is 4.46. The largest absolute Gasteiger partial charge is 0.508 e. The van der Waals surface area contributed by atoms with Gasteiger partial charge in [-0.3, -0.25) is 9.59 Å². The minimum absolute atomic E-state index is 0.103. The molecule has 2 rings (SSSR count). The summed E-state index contributed by atoms with van der Waals surface area (Å²) in [6.45, 7) is 15.3. The van der Waals surface area contributed by atoms with Gasteiger partial charge in [0.2, 0.25) is 11.8 Å². The molecule has 0 radical (unpaired) electrons. The molecule has 214 valence electrons. The summed E-state index contributed by atoms with van der Waals surface area (Å²) in [6, 6.07) is 10.3. The second-order valence-corrected chi connectivity index (χ2v) is 11.3. The normalized spacial score (nSPS) is 12.9. The number of unbranched alkanes of at least 4 members (excludes halogenated alkanes) is 1. The topological polar surface area (TPSA) is 108 Å². The van der Waals surface area contributed by atoms with E-state index in [1.807, 2.05) is 52.8 Å². The molecule has 0 heterocycles. The lowest BCUT2D eigenvalue weighted by atomic mass is 9.93. The van der Waals surface area contributed by atoms with Crippen molar-refractivity contribution < 1.29 is 24.2 Å². The lowest BCUT2D eigenvalue weighted by Crippen LogP contribution is -2.54. The molecule has 0 aliphatic rings. The first-order valence-electron chi connectivity index (χ1n) is 13.7. The smallest absolute Gasteiger partial charge is 0.408 e. The van der Waals surface area contributed by atoms with Gasteiger partial charge in [-0.25, -0.2) is 4.79 Å². The van der Waals surface area contributed by atoms with Gasteiger partial charge in [0.25, 0.3) is 0 Å². The zero-order chi connectivity index (χ0) is 29.3. The van der Waals surface area contributed by atoms with Gasteiger partial charge in [0.05, 0.1) is 0 Å². The number of phenolic OH excluding ortho intramolecular Hbond substituents is 1. The number of hydrogen-bond donors (Lipinski definition) is 3. The number of amides is 3. The average Bonchev–Trinajstić information content (AvgIpc) is 2.82. The van der Waals surface area contributed by atoms with Crippen LogP contribution in [0.25, 0.3) is 0 Å².